The van der Waals surface area contributed by atoms with Crippen molar-refractivity contribution in [2.45, 2.75) is 31.5 Å². The standard InChI is InChI=1S/C24H26N4O4S/c1-2-32-23(31)18-8-6-12-27(15-18)21(29)16-33-24-26-20-10-4-3-9-19(20)22(30)28(24)14-17-7-5-11-25-13-17/h3-5,7,9-11,13,18H,2,6,8,12,14-16H2,1H3. The van der Waals surface area contributed by atoms with Crippen molar-refractivity contribution in [3.8, 4) is 0 Å². The molecular weight excluding hydrogens is 440 g/mol. The van der Waals surface area contributed by atoms with Crippen molar-refractivity contribution in [2.75, 3.05) is 25.4 Å². The van der Waals surface area contributed by atoms with Crippen LogP contribution in [0.25, 0.3) is 10.9 Å². The van der Waals surface area contributed by atoms with Gasteiger partial charge in [0.05, 0.1) is 35.7 Å². The van der Waals surface area contributed by atoms with Gasteiger partial charge in [0.25, 0.3) is 5.56 Å². The maximum atomic E-state index is 13.2. The second kappa shape index (κ2) is 10.6. The first kappa shape index (κ1) is 23.0. The number of hydrogen-bond donors (Lipinski definition) is 0. The van der Waals surface area contributed by atoms with Crippen LogP contribution in [0.1, 0.15) is 25.3 Å². The lowest BCUT2D eigenvalue weighted by Crippen LogP contribution is -2.43. The first-order valence-electron chi connectivity index (χ1n) is 11.0. The van der Waals surface area contributed by atoms with Gasteiger partial charge in [-0.05, 0) is 43.5 Å². The molecule has 0 N–H and O–H groups in total. The molecule has 9 heteroatoms. The Morgan fingerprint density at radius 3 is 2.85 bits per heavy atom. The van der Waals surface area contributed by atoms with Gasteiger partial charge in [-0.1, -0.05) is 30.0 Å². The number of pyridine rings is 1. The lowest BCUT2D eigenvalue weighted by molar-refractivity contribution is -0.151. The van der Waals surface area contributed by atoms with E-state index in [1.807, 2.05) is 24.3 Å². The molecule has 1 atom stereocenters. The van der Waals surface area contributed by atoms with E-state index < -0.39 is 0 Å². The molecule has 3 aromatic rings. The zero-order valence-corrected chi connectivity index (χ0v) is 19.3. The van der Waals surface area contributed by atoms with Crippen LogP contribution in [-0.2, 0) is 20.9 Å². The van der Waals surface area contributed by atoms with Crippen LogP contribution in [0.4, 0.5) is 0 Å². The number of nitrogens with zero attached hydrogens (tertiary/aromatic N) is 4. The molecule has 172 valence electrons. The highest BCUT2D eigenvalue weighted by Crippen LogP contribution is 2.22. The highest BCUT2D eigenvalue weighted by atomic mass is 32.2. The Bertz CT molecular complexity index is 1200. The minimum Gasteiger partial charge on any atom is -0.466 e. The van der Waals surface area contributed by atoms with Gasteiger partial charge in [0.2, 0.25) is 5.91 Å². The summed E-state index contributed by atoms with van der Waals surface area (Å²) in [4.78, 5) is 48.8. The number of hydrogen-bond acceptors (Lipinski definition) is 7. The average Bonchev–Trinajstić information content (AvgIpc) is 2.85. The van der Waals surface area contributed by atoms with Crippen LogP contribution in [0.15, 0.2) is 58.7 Å². The number of esters is 1. The van der Waals surface area contributed by atoms with Gasteiger partial charge in [0, 0.05) is 25.5 Å². The molecule has 0 spiro atoms. The summed E-state index contributed by atoms with van der Waals surface area (Å²) in [5.41, 5.74) is 1.32. The molecule has 1 amide bonds. The number of fused-ring (bicyclic) bond motifs is 1. The largest absolute Gasteiger partial charge is 0.466 e. The molecule has 1 aliphatic heterocycles. The van der Waals surface area contributed by atoms with Gasteiger partial charge in [-0.3, -0.25) is 23.9 Å². The van der Waals surface area contributed by atoms with E-state index in [2.05, 4.69) is 9.97 Å². The minimum absolute atomic E-state index is 0.0793. The number of para-hydroxylation sites is 1. The number of carbonyl (C=O) groups is 2. The molecule has 0 bridgehead atoms. The van der Waals surface area contributed by atoms with E-state index >= 15 is 0 Å². The van der Waals surface area contributed by atoms with Gasteiger partial charge in [-0.15, -0.1) is 0 Å². The maximum absolute atomic E-state index is 13.2. The molecule has 0 aliphatic carbocycles. The number of rotatable bonds is 7. The predicted molar refractivity (Wildman–Crippen MR) is 126 cm³/mol. The van der Waals surface area contributed by atoms with E-state index in [1.54, 1.807) is 40.9 Å². The second-order valence-corrected chi connectivity index (χ2v) is 8.83. The van der Waals surface area contributed by atoms with Gasteiger partial charge >= 0.3 is 5.97 Å². The number of benzene rings is 1. The minimum atomic E-state index is -0.282. The summed E-state index contributed by atoms with van der Waals surface area (Å²) in [5, 5.41) is 1.01. The van der Waals surface area contributed by atoms with Crippen molar-refractivity contribution < 1.29 is 14.3 Å². The summed E-state index contributed by atoms with van der Waals surface area (Å²) in [6, 6.07) is 10.9. The number of piperidine rings is 1. The van der Waals surface area contributed by atoms with E-state index in [9.17, 15) is 14.4 Å². The topological polar surface area (TPSA) is 94.4 Å². The van der Waals surface area contributed by atoms with Crippen LogP contribution in [-0.4, -0.2) is 56.8 Å². The van der Waals surface area contributed by atoms with Crippen molar-refractivity contribution in [3.05, 3.63) is 64.7 Å². The monoisotopic (exact) mass is 466 g/mol. The molecule has 0 radical (unpaired) electrons. The van der Waals surface area contributed by atoms with Crippen LogP contribution < -0.4 is 5.56 Å². The second-order valence-electron chi connectivity index (χ2n) is 7.88. The molecule has 1 fully saturated rings. The van der Waals surface area contributed by atoms with E-state index in [4.69, 9.17) is 4.74 Å². The molecule has 3 heterocycles. The van der Waals surface area contributed by atoms with Crippen molar-refractivity contribution in [1.82, 2.24) is 19.4 Å². The Labute approximate surface area is 196 Å². The van der Waals surface area contributed by atoms with Gasteiger partial charge < -0.3 is 9.64 Å². The summed E-state index contributed by atoms with van der Waals surface area (Å²) in [6.07, 6.45) is 4.89. The SMILES string of the molecule is CCOC(=O)C1CCCN(C(=O)CSc2nc3ccccc3c(=O)n2Cc2cccnc2)C1. The normalized spacial score (nSPS) is 16.0. The quantitative estimate of drug-likeness (QED) is 0.300. The van der Waals surface area contributed by atoms with Crippen LogP contribution in [0.5, 0.6) is 0 Å². The van der Waals surface area contributed by atoms with Gasteiger partial charge in [-0.2, -0.15) is 0 Å². The van der Waals surface area contributed by atoms with Crippen LogP contribution in [0.3, 0.4) is 0 Å². The molecule has 1 saturated heterocycles. The molecule has 33 heavy (non-hydrogen) atoms. The number of aromatic nitrogens is 3. The fraction of sp³-hybridized carbons (Fsp3) is 0.375. The Kier molecular flexibility index (Phi) is 7.39. The lowest BCUT2D eigenvalue weighted by Gasteiger charge is -2.31. The predicted octanol–water partition coefficient (Wildman–Crippen LogP) is 2.73. The Morgan fingerprint density at radius 2 is 2.06 bits per heavy atom. The van der Waals surface area contributed by atoms with E-state index in [0.717, 1.165) is 18.4 Å². The van der Waals surface area contributed by atoms with Crippen molar-refractivity contribution in [2.24, 2.45) is 5.92 Å². The number of thioether (sulfide) groups is 1. The molecule has 4 rings (SSSR count). The Hall–Kier alpha value is -3.20. The molecule has 8 nitrogen and oxygen atoms in total. The van der Waals surface area contributed by atoms with Crippen LogP contribution in [0, 0.1) is 5.92 Å². The third kappa shape index (κ3) is 5.42. The Balaban J connectivity index is 1.54. The fourth-order valence-corrected chi connectivity index (χ4v) is 4.85. The molecule has 1 aromatic carbocycles. The third-order valence-corrected chi connectivity index (χ3v) is 6.57. The van der Waals surface area contributed by atoms with E-state index in [0.29, 0.717) is 42.3 Å². The summed E-state index contributed by atoms with van der Waals surface area (Å²) < 4.78 is 6.72. The third-order valence-electron chi connectivity index (χ3n) is 5.61. The van der Waals surface area contributed by atoms with Gasteiger partial charge in [-0.25, -0.2) is 4.98 Å². The van der Waals surface area contributed by atoms with Gasteiger partial charge in [0.1, 0.15) is 0 Å². The molecule has 1 unspecified atom stereocenters. The van der Waals surface area contributed by atoms with Crippen molar-refractivity contribution >= 4 is 34.5 Å². The number of likely N-dealkylation sites (tertiary alicyclic amines) is 1. The number of amides is 1. The molecular formula is C24H26N4O4S. The Morgan fingerprint density at radius 1 is 1.21 bits per heavy atom. The number of ether oxygens (including phenoxy) is 1. The van der Waals surface area contributed by atoms with E-state index in [-0.39, 0.29) is 29.1 Å². The molecule has 2 aromatic heterocycles. The van der Waals surface area contributed by atoms with Crippen molar-refractivity contribution in [3.63, 3.8) is 0 Å². The highest BCUT2D eigenvalue weighted by Gasteiger charge is 2.29. The van der Waals surface area contributed by atoms with E-state index in [1.165, 1.54) is 11.8 Å². The number of carbonyl (C=O) groups excluding carboxylic acids is 2. The highest BCUT2D eigenvalue weighted by molar-refractivity contribution is 7.99. The summed E-state index contributed by atoms with van der Waals surface area (Å²) in [5.74, 6) is -0.475. The summed E-state index contributed by atoms with van der Waals surface area (Å²) in [7, 11) is 0. The van der Waals surface area contributed by atoms with Crippen molar-refractivity contribution in [1.29, 1.82) is 0 Å². The average molecular weight is 467 g/mol. The maximum Gasteiger partial charge on any atom is 0.310 e. The lowest BCUT2D eigenvalue weighted by atomic mass is 9.98. The van der Waals surface area contributed by atoms with Gasteiger partial charge in [0.15, 0.2) is 5.16 Å². The van der Waals surface area contributed by atoms with Crippen LogP contribution in [0.2, 0.25) is 0 Å². The fourth-order valence-electron chi connectivity index (χ4n) is 3.95. The first-order valence-corrected chi connectivity index (χ1v) is 12.0. The molecule has 1 aliphatic rings. The van der Waals surface area contributed by atoms with Crippen LogP contribution >= 0.6 is 11.8 Å². The zero-order valence-electron chi connectivity index (χ0n) is 18.5. The molecule has 0 saturated carbocycles. The summed E-state index contributed by atoms with van der Waals surface area (Å²) in [6.45, 7) is 3.41. The summed E-state index contributed by atoms with van der Waals surface area (Å²) >= 11 is 1.24. The zero-order chi connectivity index (χ0) is 23.2. The first-order chi connectivity index (χ1) is 16.1. The smallest absolute Gasteiger partial charge is 0.310 e.